The van der Waals surface area contributed by atoms with Gasteiger partial charge in [-0.25, -0.2) is 0 Å². The van der Waals surface area contributed by atoms with Gasteiger partial charge in [0.15, 0.2) is 5.16 Å². The standard InChI is InChI=1S/C17H24N4O2S/c1-4-18-16(22)13(2)24-17-20-19-15(21(17)10-11-23-3)12-14-8-6-5-7-9-14/h5-9,13H,4,10-12H2,1-3H3,(H,18,22). The number of carbonyl (C=O) groups is 1. The molecule has 0 saturated carbocycles. The van der Waals surface area contributed by atoms with Crippen molar-refractivity contribution in [3.63, 3.8) is 0 Å². The van der Waals surface area contributed by atoms with Gasteiger partial charge in [-0.2, -0.15) is 0 Å². The molecule has 0 spiro atoms. The molecule has 130 valence electrons. The maximum atomic E-state index is 12.0. The summed E-state index contributed by atoms with van der Waals surface area (Å²) >= 11 is 1.42. The number of hydrogen-bond donors (Lipinski definition) is 1. The topological polar surface area (TPSA) is 69.0 Å². The molecule has 7 heteroatoms. The van der Waals surface area contributed by atoms with Crippen LogP contribution in [0.25, 0.3) is 0 Å². The molecule has 0 saturated heterocycles. The summed E-state index contributed by atoms with van der Waals surface area (Å²) in [4.78, 5) is 12.0. The van der Waals surface area contributed by atoms with Gasteiger partial charge in [-0.3, -0.25) is 4.79 Å². The fourth-order valence-corrected chi connectivity index (χ4v) is 3.17. The average molecular weight is 348 g/mol. The molecule has 0 aliphatic carbocycles. The molecule has 0 radical (unpaired) electrons. The Labute approximate surface area is 147 Å². The summed E-state index contributed by atoms with van der Waals surface area (Å²) < 4.78 is 7.24. The molecule has 1 aromatic carbocycles. The Balaban J connectivity index is 2.17. The number of amides is 1. The van der Waals surface area contributed by atoms with E-state index in [2.05, 4.69) is 27.6 Å². The molecule has 6 nitrogen and oxygen atoms in total. The molecule has 1 aromatic heterocycles. The van der Waals surface area contributed by atoms with Gasteiger partial charge in [0, 0.05) is 26.6 Å². The number of nitrogens with one attached hydrogen (secondary N) is 1. The third-order valence-electron chi connectivity index (χ3n) is 3.52. The number of aromatic nitrogens is 3. The molecule has 1 amide bonds. The van der Waals surface area contributed by atoms with E-state index in [4.69, 9.17) is 4.74 Å². The van der Waals surface area contributed by atoms with Gasteiger partial charge in [-0.15, -0.1) is 10.2 Å². The lowest BCUT2D eigenvalue weighted by Crippen LogP contribution is -2.30. The monoisotopic (exact) mass is 348 g/mol. The minimum atomic E-state index is -0.222. The Morgan fingerprint density at radius 1 is 1.33 bits per heavy atom. The summed E-state index contributed by atoms with van der Waals surface area (Å²) in [6, 6.07) is 10.2. The molecule has 2 aromatic rings. The van der Waals surface area contributed by atoms with Crippen LogP contribution in [0.3, 0.4) is 0 Å². The van der Waals surface area contributed by atoms with E-state index in [1.54, 1.807) is 7.11 Å². The van der Waals surface area contributed by atoms with Gasteiger partial charge in [0.05, 0.1) is 11.9 Å². The second-order valence-electron chi connectivity index (χ2n) is 5.36. The summed E-state index contributed by atoms with van der Waals surface area (Å²) in [6.45, 7) is 5.65. The lowest BCUT2D eigenvalue weighted by Gasteiger charge is -2.13. The molecular weight excluding hydrogens is 324 g/mol. The van der Waals surface area contributed by atoms with Crippen LogP contribution in [-0.4, -0.2) is 46.2 Å². The summed E-state index contributed by atoms with van der Waals surface area (Å²) in [5, 5.41) is 12.0. The second kappa shape index (κ2) is 9.44. The predicted molar refractivity (Wildman–Crippen MR) is 95.1 cm³/mol. The summed E-state index contributed by atoms with van der Waals surface area (Å²) in [5.74, 6) is 0.886. The van der Waals surface area contributed by atoms with Crippen molar-refractivity contribution in [2.24, 2.45) is 0 Å². The van der Waals surface area contributed by atoms with Crippen LogP contribution >= 0.6 is 11.8 Å². The maximum Gasteiger partial charge on any atom is 0.233 e. The van der Waals surface area contributed by atoms with Gasteiger partial charge in [-0.1, -0.05) is 42.1 Å². The van der Waals surface area contributed by atoms with Crippen molar-refractivity contribution >= 4 is 17.7 Å². The van der Waals surface area contributed by atoms with Crippen molar-refractivity contribution in [3.05, 3.63) is 41.7 Å². The van der Waals surface area contributed by atoms with Crippen LogP contribution in [0, 0.1) is 0 Å². The molecule has 1 unspecified atom stereocenters. The van der Waals surface area contributed by atoms with Gasteiger partial charge in [0.2, 0.25) is 5.91 Å². The molecule has 0 aliphatic heterocycles. The zero-order chi connectivity index (χ0) is 17.4. The SMILES string of the molecule is CCNC(=O)C(C)Sc1nnc(Cc2ccccc2)n1CCOC. The molecule has 24 heavy (non-hydrogen) atoms. The lowest BCUT2D eigenvalue weighted by molar-refractivity contribution is -0.120. The van der Waals surface area contributed by atoms with Crippen molar-refractivity contribution in [3.8, 4) is 0 Å². The van der Waals surface area contributed by atoms with E-state index in [0.717, 1.165) is 11.0 Å². The van der Waals surface area contributed by atoms with Crippen LogP contribution in [0.2, 0.25) is 0 Å². The van der Waals surface area contributed by atoms with E-state index in [1.165, 1.54) is 17.3 Å². The fourth-order valence-electron chi connectivity index (χ4n) is 2.25. The van der Waals surface area contributed by atoms with Crippen molar-refractivity contribution in [2.75, 3.05) is 20.3 Å². The quantitative estimate of drug-likeness (QED) is 0.703. The van der Waals surface area contributed by atoms with E-state index < -0.39 is 0 Å². The minimum Gasteiger partial charge on any atom is -0.383 e. The van der Waals surface area contributed by atoms with Crippen LogP contribution in [0.15, 0.2) is 35.5 Å². The molecule has 1 heterocycles. The Bertz CT molecular complexity index is 645. The van der Waals surface area contributed by atoms with Crippen LogP contribution < -0.4 is 5.32 Å². The lowest BCUT2D eigenvalue weighted by atomic mass is 10.1. The van der Waals surface area contributed by atoms with Crippen molar-refractivity contribution < 1.29 is 9.53 Å². The number of thioether (sulfide) groups is 1. The first-order chi connectivity index (χ1) is 11.7. The Kier molecular flexibility index (Phi) is 7.27. The molecular formula is C17H24N4O2S. The number of hydrogen-bond acceptors (Lipinski definition) is 5. The van der Waals surface area contributed by atoms with E-state index in [9.17, 15) is 4.79 Å². The molecule has 1 N–H and O–H groups in total. The first kappa shape index (κ1) is 18.5. The molecule has 0 fully saturated rings. The highest BCUT2D eigenvalue weighted by Gasteiger charge is 2.19. The van der Waals surface area contributed by atoms with E-state index in [-0.39, 0.29) is 11.2 Å². The van der Waals surface area contributed by atoms with E-state index in [1.807, 2.05) is 36.6 Å². The van der Waals surface area contributed by atoms with Crippen LogP contribution in [-0.2, 0) is 22.5 Å². The van der Waals surface area contributed by atoms with Crippen molar-refractivity contribution in [1.29, 1.82) is 0 Å². The predicted octanol–water partition coefficient (Wildman–Crippen LogP) is 2.13. The normalized spacial score (nSPS) is 12.1. The Morgan fingerprint density at radius 2 is 2.08 bits per heavy atom. The highest BCUT2D eigenvalue weighted by molar-refractivity contribution is 8.00. The van der Waals surface area contributed by atoms with Gasteiger partial charge in [-0.05, 0) is 19.4 Å². The van der Waals surface area contributed by atoms with Crippen molar-refractivity contribution in [2.45, 2.75) is 37.2 Å². The number of rotatable bonds is 9. The molecule has 0 aliphatic rings. The zero-order valence-electron chi connectivity index (χ0n) is 14.4. The number of benzene rings is 1. The summed E-state index contributed by atoms with van der Waals surface area (Å²) in [6.07, 6.45) is 0.702. The third-order valence-corrected chi connectivity index (χ3v) is 4.60. The fraction of sp³-hybridized carbons (Fsp3) is 0.471. The Morgan fingerprint density at radius 3 is 2.75 bits per heavy atom. The number of carbonyl (C=O) groups excluding carboxylic acids is 1. The third kappa shape index (κ3) is 5.07. The largest absolute Gasteiger partial charge is 0.383 e. The minimum absolute atomic E-state index is 0.00778. The molecule has 0 bridgehead atoms. The first-order valence-corrected chi connectivity index (χ1v) is 8.93. The summed E-state index contributed by atoms with van der Waals surface area (Å²) in [7, 11) is 1.67. The molecule has 2 rings (SSSR count). The average Bonchev–Trinajstić information content (AvgIpc) is 2.95. The van der Waals surface area contributed by atoms with E-state index in [0.29, 0.717) is 26.1 Å². The first-order valence-electron chi connectivity index (χ1n) is 8.05. The number of methoxy groups -OCH3 is 1. The number of ether oxygens (including phenoxy) is 1. The van der Waals surface area contributed by atoms with Crippen molar-refractivity contribution in [1.82, 2.24) is 20.1 Å². The maximum absolute atomic E-state index is 12.0. The van der Waals surface area contributed by atoms with Gasteiger partial charge in [0.25, 0.3) is 0 Å². The molecule has 1 atom stereocenters. The van der Waals surface area contributed by atoms with Crippen LogP contribution in [0.5, 0.6) is 0 Å². The zero-order valence-corrected chi connectivity index (χ0v) is 15.2. The van der Waals surface area contributed by atoms with Crippen LogP contribution in [0.4, 0.5) is 0 Å². The highest BCUT2D eigenvalue weighted by Crippen LogP contribution is 2.23. The summed E-state index contributed by atoms with van der Waals surface area (Å²) in [5.41, 5.74) is 1.18. The second-order valence-corrected chi connectivity index (χ2v) is 6.67. The number of nitrogens with zero attached hydrogens (tertiary/aromatic N) is 3. The van der Waals surface area contributed by atoms with Gasteiger partial charge in [0.1, 0.15) is 5.82 Å². The van der Waals surface area contributed by atoms with Crippen LogP contribution in [0.1, 0.15) is 25.2 Å². The highest BCUT2D eigenvalue weighted by atomic mass is 32.2. The Hall–Kier alpha value is -1.86. The van der Waals surface area contributed by atoms with Gasteiger partial charge >= 0.3 is 0 Å². The van der Waals surface area contributed by atoms with E-state index >= 15 is 0 Å². The smallest absolute Gasteiger partial charge is 0.233 e. The van der Waals surface area contributed by atoms with Gasteiger partial charge < -0.3 is 14.6 Å².